The number of carbonyl (C=O) groups is 4. The van der Waals surface area contributed by atoms with Crippen LogP contribution in [0.4, 0.5) is 15.3 Å². The molecule has 0 saturated carbocycles. The van der Waals surface area contributed by atoms with E-state index in [4.69, 9.17) is 9.47 Å². The molecule has 3 amide bonds. The van der Waals surface area contributed by atoms with E-state index in [1.165, 1.54) is 42.4 Å². The van der Waals surface area contributed by atoms with Crippen LogP contribution in [0.1, 0.15) is 58.7 Å². The lowest BCUT2D eigenvalue weighted by atomic mass is 9.89. The average molecular weight is 608 g/mol. The Bertz CT molecular complexity index is 1450. The van der Waals surface area contributed by atoms with Crippen molar-refractivity contribution in [3.63, 3.8) is 0 Å². The molecule has 2 aliphatic rings. The van der Waals surface area contributed by atoms with E-state index in [9.17, 15) is 29.3 Å². The molecule has 1 fully saturated rings. The van der Waals surface area contributed by atoms with Gasteiger partial charge in [-0.25, -0.2) is 14.6 Å². The van der Waals surface area contributed by atoms with Crippen LogP contribution in [0.5, 0.6) is 0 Å². The lowest BCUT2D eigenvalue weighted by Gasteiger charge is -2.35. The van der Waals surface area contributed by atoms with Gasteiger partial charge in [0.05, 0.1) is 23.0 Å². The number of benzene rings is 2. The molecule has 2 heterocycles. The molecule has 2 aliphatic heterocycles. The highest BCUT2D eigenvalue weighted by molar-refractivity contribution is 6.03. The van der Waals surface area contributed by atoms with Gasteiger partial charge in [-0.3, -0.25) is 19.7 Å². The van der Waals surface area contributed by atoms with Crippen molar-refractivity contribution in [1.29, 1.82) is 0 Å². The van der Waals surface area contributed by atoms with Crippen LogP contribution in [0.3, 0.4) is 0 Å². The highest BCUT2D eigenvalue weighted by atomic mass is 16.6. The third kappa shape index (κ3) is 7.05. The summed E-state index contributed by atoms with van der Waals surface area (Å²) in [6, 6.07) is 11.3. The van der Waals surface area contributed by atoms with Crippen LogP contribution < -0.4 is 10.6 Å². The van der Waals surface area contributed by atoms with E-state index in [1.807, 2.05) is 44.2 Å². The zero-order chi connectivity index (χ0) is 32.3. The van der Waals surface area contributed by atoms with Gasteiger partial charge in [0.1, 0.15) is 18.2 Å². The highest BCUT2D eigenvalue weighted by Crippen LogP contribution is 2.44. The van der Waals surface area contributed by atoms with Gasteiger partial charge in [0.2, 0.25) is 0 Å². The SMILES string of the molecule is CC(C)[C@H]1[C@H](NC(=O)OCc2ccccc2)C(=O)N2C=C(C(=O)[C@H](C)NC(=O)OC(C)(C)C)[C@@H](c3ccc([N+](=O)[O-])cc3)N12. The van der Waals surface area contributed by atoms with Gasteiger partial charge in [0.15, 0.2) is 5.78 Å². The number of amides is 3. The Morgan fingerprint density at radius 3 is 2.20 bits per heavy atom. The molecular weight excluding hydrogens is 570 g/mol. The van der Waals surface area contributed by atoms with Crippen LogP contribution in [0.15, 0.2) is 66.4 Å². The van der Waals surface area contributed by atoms with E-state index in [-0.39, 0.29) is 23.8 Å². The number of carbonyl (C=O) groups excluding carboxylic acids is 4. The normalized spacial score (nSPS) is 20.5. The van der Waals surface area contributed by atoms with Crippen LogP contribution >= 0.6 is 0 Å². The smallest absolute Gasteiger partial charge is 0.408 e. The van der Waals surface area contributed by atoms with E-state index >= 15 is 0 Å². The van der Waals surface area contributed by atoms with Crippen LogP contribution in [-0.4, -0.2) is 62.5 Å². The maximum Gasteiger partial charge on any atom is 0.408 e. The van der Waals surface area contributed by atoms with E-state index < -0.39 is 58.6 Å². The maximum absolute atomic E-state index is 13.8. The molecule has 0 aromatic heterocycles. The predicted octanol–water partition coefficient (Wildman–Crippen LogP) is 4.39. The van der Waals surface area contributed by atoms with E-state index in [2.05, 4.69) is 10.6 Å². The first-order chi connectivity index (χ1) is 20.7. The maximum atomic E-state index is 13.8. The Labute approximate surface area is 255 Å². The molecule has 13 nitrogen and oxygen atoms in total. The number of non-ortho nitro benzene ring substituents is 1. The van der Waals surface area contributed by atoms with Crippen molar-refractivity contribution in [2.45, 2.75) is 77.9 Å². The summed E-state index contributed by atoms with van der Waals surface area (Å²) in [5.74, 6) is -1.16. The molecule has 0 aliphatic carbocycles. The van der Waals surface area contributed by atoms with Crippen LogP contribution in [0.2, 0.25) is 0 Å². The molecule has 0 spiro atoms. The standard InChI is InChI=1S/C31H37N5O8/c1-18(2)25-24(33-29(39)43-17-20-10-8-7-9-11-20)28(38)34-16-23(27(37)19(3)32-30(40)44-31(4,5)6)26(35(25)34)21-12-14-22(15-13-21)36(41)42/h7-16,18-19,24-26H,17H2,1-6H3,(H,32,40)(H,33,39)/t19-,24-,25-,26+/m0/s1. The van der Waals surface area contributed by atoms with E-state index in [1.54, 1.807) is 25.8 Å². The van der Waals surface area contributed by atoms with Gasteiger partial charge in [-0.05, 0) is 44.7 Å². The number of nitro groups is 1. The lowest BCUT2D eigenvalue weighted by molar-refractivity contribution is -0.384. The average Bonchev–Trinajstić information content (AvgIpc) is 3.45. The van der Waals surface area contributed by atoms with Crippen LogP contribution in [-0.2, 0) is 25.7 Å². The summed E-state index contributed by atoms with van der Waals surface area (Å²) < 4.78 is 10.7. The third-order valence-corrected chi connectivity index (χ3v) is 7.21. The molecule has 13 heteroatoms. The van der Waals surface area contributed by atoms with Crippen molar-refractivity contribution in [2.24, 2.45) is 5.92 Å². The number of ether oxygens (including phenoxy) is 2. The minimum Gasteiger partial charge on any atom is -0.445 e. The fourth-order valence-corrected chi connectivity index (χ4v) is 5.31. The number of hydrogen-bond acceptors (Lipinski definition) is 9. The number of hydrogen-bond donors (Lipinski definition) is 2. The summed E-state index contributed by atoms with van der Waals surface area (Å²) in [7, 11) is 0. The topological polar surface area (TPSA) is 160 Å². The molecule has 0 unspecified atom stereocenters. The quantitative estimate of drug-likeness (QED) is 0.311. The summed E-state index contributed by atoms with van der Waals surface area (Å²) in [5.41, 5.74) is 0.554. The molecule has 0 radical (unpaired) electrons. The molecule has 234 valence electrons. The Morgan fingerprint density at radius 1 is 1.00 bits per heavy atom. The summed E-state index contributed by atoms with van der Waals surface area (Å²) in [5, 5.41) is 19.6. The second-order valence-corrected chi connectivity index (χ2v) is 12.0. The van der Waals surface area contributed by atoms with Gasteiger partial charge in [-0.15, -0.1) is 0 Å². The summed E-state index contributed by atoms with van der Waals surface area (Å²) in [6.45, 7) is 10.4. The van der Waals surface area contributed by atoms with Crippen LogP contribution in [0, 0.1) is 16.0 Å². The molecule has 44 heavy (non-hydrogen) atoms. The first-order valence-corrected chi connectivity index (χ1v) is 14.3. The zero-order valence-corrected chi connectivity index (χ0v) is 25.5. The largest absolute Gasteiger partial charge is 0.445 e. The van der Waals surface area contributed by atoms with Crippen molar-refractivity contribution in [3.8, 4) is 0 Å². The van der Waals surface area contributed by atoms with Crippen molar-refractivity contribution in [3.05, 3.63) is 87.6 Å². The molecular formula is C31H37N5O8. The number of ketones is 1. The van der Waals surface area contributed by atoms with E-state index in [0.717, 1.165) is 5.56 Å². The number of Topliss-reactive ketones (excluding diaryl/α,β-unsaturated/α-hetero) is 1. The second kappa shape index (κ2) is 12.8. The molecule has 2 N–H and O–H groups in total. The second-order valence-electron chi connectivity index (χ2n) is 12.0. The van der Waals surface area contributed by atoms with Crippen molar-refractivity contribution in [2.75, 3.05) is 0 Å². The summed E-state index contributed by atoms with van der Waals surface area (Å²) in [4.78, 5) is 63.6. The summed E-state index contributed by atoms with van der Waals surface area (Å²) >= 11 is 0. The third-order valence-electron chi connectivity index (χ3n) is 7.21. The van der Waals surface area contributed by atoms with Gasteiger partial charge in [0.25, 0.3) is 11.6 Å². The van der Waals surface area contributed by atoms with Gasteiger partial charge >= 0.3 is 12.2 Å². The number of fused-ring (bicyclic) bond motifs is 1. The van der Waals surface area contributed by atoms with Crippen molar-refractivity contribution >= 4 is 29.6 Å². The first-order valence-electron chi connectivity index (χ1n) is 14.3. The lowest BCUT2D eigenvalue weighted by Crippen LogP contribution is -2.51. The van der Waals surface area contributed by atoms with Gasteiger partial charge in [-0.1, -0.05) is 56.3 Å². The molecule has 2 aromatic rings. The number of alkyl carbamates (subject to hydrolysis) is 2. The number of nitrogens with one attached hydrogen (secondary N) is 2. The number of hydrazine groups is 1. The minimum absolute atomic E-state index is 0.0138. The Kier molecular flexibility index (Phi) is 9.38. The zero-order valence-electron chi connectivity index (χ0n) is 25.5. The molecule has 4 atom stereocenters. The van der Waals surface area contributed by atoms with E-state index in [0.29, 0.717) is 5.56 Å². The van der Waals surface area contributed by atoms with Crippen molar-refractivity contribution < 1.29 is 33.6 Å². The number of rotatable bonds is 9. The summed E-state index contributed by atoms with van der Waals surface area (Å²) in [6.07, 6.45) is -0.155. The Morgan fingerprint density at radius 2 is 1.64 bits per heavy atom. The fourth-order valence-electron chi connectivity index (χ4n) is 5.31. The van der Waals surface area contributed by atoms with Crippen molar-refractivity contribution in [1.82, 2.24) is 20.7 Å². The molecule has 1 saturated heterocycles. The predicted molar refractivity (Wildman–Crippen MR) is 159 cm³/mol. The fraction of sp³-hybridized carbons (Fsp3) is 0.419. The highest BCUT2D eigenvalue weighted by Gasteiger charge is 2.56. The van der Waals surface area contributed by atoms with Gasteiger partial charge < -0.3 is 20.1 Å². The number of nitro benzene ring substituents is 1. The number of nitrogens with zero attached hydrogens (tertiary/aromatic N) is 3. The Hall–Kier alpha value is -4.78. The monoisotopic (exact) mass is 607 g/mol. The van der Waals surface area contributed by atoms with Gasteiger partial charge in [0, 0.05) is 23.9 Å². The molecule has 0 bridgehead atoms. The minimum atomic E-state index is -1.02. The first kappa shape index (κ1) is 32.1. The molecule has 2 aromatic carbocycles. The Balaban J connectivity index is 1.64. The van der Waals surface area contributed by atoms with Crippen LogP contribution in [0.25, 0.3) is 0 Å². The molecule has 4 rings (SSSR count). The van der Waals surface area contributed by atoms with Gasteiger partial charge in [-0.2, -0.15) is 5.01 Å².